The second kappa shape index (κ2) is 3.28. The predicted molar refractivity (Wildman–Crippen MR) is 54.1 cm³/mol. The van der Waals surface area contributed by atoms with Crippen molar-refractivity contribution in [3.8, 4) is 0 Å². The first kappa shape index (κ1) is 10.1. The van der Waals surface area contributed by atoms with Crippen LogP contribution < -0.4 is 5.73 Å². The minimum absolute atomic E-state index is 0.119. The molecule has 0 amide bonds. The van der Waals surface area contributed by atoms with Crippen molar-refractivity contribution in [2.45, 2.75) is 24.6 Å². The zero-order chi connectivity index (χ0) is 10.3. The number of hydrogen-bond donors (Lipinski definition) is 1. The molecule has 0 aliphatic heterocycles. The van der Waals surface area contributed by atoms with Crippen molar-refractivity contribution in [2.24, 2.45) is 5.73 Å². The molecule has 1 aromatic rings. The zero-order valence-corrected chi connectivity index (χ0v) is 9.02. The fraction of sp³-hybridized carbons (Fsp3) is 0.400. The summed E-state index contributed by atoms with van der Waals surface area (Å²) in [5.41, 5.74) is 4.06. The Morgan fingerprint density at radius 1 is 1.43 bits per heavy atom. The zero-order valence-electron chi connectivity index (χ0n) is 7.43. The molecular weight excluding hydrogens is 252 g/mol. The smallest absolute Gasteiger partial charge is 0.141 e. The molecule has 0 spiro atoms. The van der Waals surface area contributed by atoms with E-state index in [0.29, 0.717) is 4.47 Å². The van der Waals surface area contributed by atoms with Crippen LogP contribution in [0, 0.1) is 5.82 Å². The fourth-order valence-corrected chi connectivity index (χ4v) is 2.19. The lowest BCUT2D eigenvalue weighted by atomic mass is 9.73. The van der Waals surface area contributed by atoms with E-state index in [0.717, 1.165) is 0 Å². The molecule has 0 saturated heterocycles. The monoisotopic (exact) mass is 261 g/mol. The topological polar surface area (TPSA) is 26.0 Å². The largest absolute Gasteiger partial charge is 0.327 e. The van der Waals surface area contributed by atoms with Gasteiger partial charge in [0.05, 0.1) is 0 Å². The Morgan fingerprint density at radius 3 is 2.64 bits per heavy atom. The Balaban J connectivity index is 2.36. The summed E-state index contributed by atoms with van der Waals surface area (Å²) in [5, 5.41) is 0. The summed E-state index contributed by atoms with van der Waals surface area (Å²) in [7, 11) is 0. The molecule has 1 fully saturated rings. The number of hydrogen-bond acceptors (Lipinski definition) is 1. The molecule has 0 aromatic heterocycles. The number of alkyl halides is 1. The van der Waals surface area contributed by atoms with Crippen molar-refractivity contribution in [2.75, 3.05) is 0 Å². The first-order valence-corrected chi connectivity index (χ1v) is 5.20. The number of rotatable bonds is 1. The van der Waals surface area contributed by atoms with Gasteiger partial charge in [-0.05, 0) is 18.2 Å². The molecule has 14 heavy (non-hydrogen) atoms. The molecule has 1 aromatic carbocycles. The summed E-state index contributed by atoms with van der Waals surface area (Å²) in [6.07, 6.45) is 0.417. The Kier molecular flexibility index (Phi) is 2.35. The maximum Gasteiger partial charge on any atom is 0.141 e. The van der Waals surface area contributed by atoms with Gasteiger partial charge < -0.3 is 5.73 Å². The Hall–Kier alpha value is -0.480. The normalized spacial score (nSPS) is 31.3. The van der Waals surface area contributed by atoms with Crippen molar-refractivity contribution in [1.29, 1.82) is 0 Å². The van der Waals surface area contributed by atoms with Crippen LogP contribution in [0.1, 0.15) is 18.4 Å². The third-order valence-corrected chi connectivity index (χ3v) is 3.08. The molecule has 1 nitrogen and oxygen atoms in total. The summed E-state index contributed by atoms with van der Waals surface area (Å²) >= 11 is 3.19. The molecule has 0 unspecified atom stereocenters. The van der Waals surface area contributed by atoms with Gasteiger partial charge >= 0.3 is 0 Å². The SMILES string of the molecule is NC1CC(F)(c2cc(Br)ccc2F)C1. The molecule has 1 aliphatic rings. The Bertz CT molecular complexity index is 361. The second-order valence-corrected chi connectivity index (χ2v) is 4.67. The van der Waals surface area contributed by atoms with Gasteiger partial charge in [0.1, 0.15) is 11.5 Å². The average Bonchev–Trinajstić information content (AvgIpc) is 2.07. The van der Waals surface area contributed by atoms with E-state index in [9.17, 15) is 8.78 Å². The van der Waals surface area contributed by atoms with Crippen LogP contribution in [0.25, 0.3) is 0 Å². The van der Waals surface area contributed by atoms with Crippen LogP contribution in [0.3, 0.4) is 0 Å². The quantitative estimate of drug-likeness (QED) is 0.827. The molecule has 0 bridgehead atoms. The Morgan fingerprint density at radius 2 is 2.07 bits per heavy atom. The van der Waals surface area contributed by atoms with Crippen LogP contribution in [0.4, 0.5) is 8.78 Å². The summed E-state index contributed by atoms with van der Waals surface area (Å²) in [6, 6.07) is 4.17. The van der Waals surface area contributed by atoms with Crippen LogP contribution >= 0.6 is 15.9 Å². The van der Waals surface area contributed by atoms with Crippen molar-refractivity contribution >= 4 is 15.9 Å². The molecule has 0 radical (unpaired) electrons. The first-order valence-electron chi connectivity index (χ1n) is 4.41. The average molecular weight is 262 g/mol. The maximum absolute atomic E-state index is 14.0. The van der Waals surface area contributed by atoms with Crippen LogP contribution in [-0.4, -0.2) is 6.04 Å². The van der Waals surface area contributed by atoms with Gasteiger partial charge in [-0.2, -0.15) is 0 Å². The predicted octanol–water partition coefficient (Wildman–Crippen LogP) is 2.87. The van der Waals surface area contributed by atoms with E-state index in [-0.39, 0.29) is 24.4 Å². The van der Waals surface area contributed by atoms with Crippen molar-refractivity contribution in [3.05, 3.63) is 34.1 Å². The van der Waals surface area contributed by atoms with Gasteiger partial charge in [0.25, 0.3) is 0 Å². The van der Waals surface area contributed by atoms with Crippen LogP contribution in [0.2, 0.25) is 0 Å². The molecule has 2 N–H and O–H groups in total. The minimum atomic E-state index is -1.56. The highest BCUT2D eigenvalue weighted by atomic mass is 79.9. The molecule has 2 rings (SSSR count). The second-order valence-electron chi connectivity index (χ2n) is 3.76. The van der Waals surface area contributed by atoms with Gasteiger partial charge in [0.15, 0.2) is 0 Å². The molecule has 0 atom stereocenters. The summed E-state index contributed by atoms with van der Waals surface area (Å²) in [5.74, 6) is -0.498. The summed E-state index contributed by atoms with van der Waals surface area (Å²) in [6.45, 7) is 0. The van der Waals surface area contributed by atoms with E-state index in [1.807, 2.05) is 0 Å². The third kappa shape index (κ3) is 1.57. The fourth-order valence-electron chi connectivity index (χ4n) is 1.83. The standard InChI is InChI=1S/C10H10BrF2N/c11-6-1-2-9(12)8(3-6)10(13)4-7(14)5-10/h1-3,7H,4-5,14H2. The molecule has 0 heterocycles. The Labute approximate surface area is 89.4 Å². The molecule has 4 heteroatoms. The van der Waals surface area contributed by atoms with Crippen LogP contribution in [0.5, 0.6) is 0 Å². The van der Waals surface area contributed by atoms with Crippen LogP contribution in [0.15, 0.2) is 22.7 Å². The van der Waals surface area contributed by atoms with E-state index in [4.69, 9.17) is 5.73 Å². The summed E-state index contributed by atoms with van der Waals surface area (Å²) in [4.78, 5) is 0. The van der Waals surface area contributed by atoms with Crippen molar-refractivity contribution in [3.63, 3.8) is 0 Å². The van der Waals surface area contributed by atoms with Gasteiger partial charge in [-0.3, -0.25) is 0 Å². The van der Waals surface area contributed by atoms with E-state index >= 15 is 0 Å². The van der Waals surface area contributed by atoms with E-state index in [1.54, 1.807) is 6.07 Å². The van der Waals surface area contributed by atoms with E-state index in [2.05, 4.69) is 15.9 Å². The molecular formula is C10H10BrF2N. The highest BCUT2D eigenvalue weighted by Crippen LogP contribution is 2.45. The van der Waals surface area contributed by atoms with Gasteiger partial charge in [0.2, 0.25) is 0 Å². The van der Waals surface area contributed by atoms with Gasteiger partial charge in [0, 0.05) is 28.9 Å². The first-order chi connectivity index (χ1) is 6.51. The van der Waals surface area contributed by atoms with Gasteiger partial charge in [-0.25, -0.2) is 8.78 Å². The maximum atomic E-state index is 14.0. The number of nitrogens with two attached hydrogens (primary N) is 1. The van der Waals surface area contributed by atoms with Crippen molar-refractivity contribution in [1.82, 2.24) is 0 Å². The highest BCUT2D eigenvalue weighted by Gasteiger charge is 2.46. The molecule has 1 saturated carbocycles. The lowest BCUT2D eigenvalue weighted by Gasteiger charge is -2.39. The molecule has 1 aliphatic carbocycles. The van der Waals surface area contributed by atoms with Crippen molar-refractivity contribution < 1.29 is 8.78 Å². The lowest BCUT2D eigenvalue weighted by molar-refractivity contribution is 0.0368. The highest BCUT2D eigenvalue weighted by molar-refractivity contribution is 9.10. The van der Waals surface area contributed by atoms with Crippen LogP contribution in [-0.2, 0) is 5.67 Å². The van der Waals surface area contributed by atoms with Gasteiger partial charge in [-0.1, -0.05) is 15.9 Å². The summed E-state index contributed by atoms with van der Waals surface area (Å²) < 4.78 is 28.0. The third-order valence-electron chi connectivity index (χ3n) is 2.58. The van der Waals surface area contributed by atoms with E-state index < -0.39 is 11.5 Å². The number of halogens is 3. The lowest BCUT2D eigenvalue weighted by Crippen LogP contribution is -2.46. The van der Waals surface area contributed by atoms with E-state index in [1.165, 1.54) is 12.1 Å². The number of benzene rings is 1. The minimum Gasteiger partial charge on any atom is -0.327 e. The molecule has 76 valence electrons. The van der Waals surface area contributed by atoms with Gasteiger partial charge in [-0.15, -0.1) is 0 Å².